The number of benzene rings is 1. The highest BCUT2D eigenvalue weighted by molar-refractivity contribution is 5.85. The largest absolute Gasteiger partial charge is 0.490 e. The molecule has 0 saturated heterocycles. The molecule has 20 heavy (non-hydrogen) atoms. The van der Waals surface area contributed by atoms with E-state index in [9.17, 15) is 9.18 Å². The van der Waals surface area contributed by atoms with Crippen LogP contribution >= 0.6 is 0 Å². The van der Waals surface area contributed by atoms with Gasteiger partial charge in [0.1, 0.15) is 0 Å². The Balaban J connectivity index is 2.62. The van der Waals surface area contributed by atoms with Crippen LogP contribution in [0.4, 0.5) is 4.39 Å². The normalized spacial score (nSPS) is 11.8. The molecular weight excluding hydrogens is 263 g/mol. The van der Waals surface area contributed by atoms with E-state index in [2.05, 4.69) is 0 Å². The third-order valence-electron chi connectivity index (χ3n) is 2.89. The first kappa shape index (κ1) is 16.2. The highest BCUT2D eigenvalue weighted by Crippen LogP contribution is 2.21. The summed E-state index contributed by atoms with van der Waals surface area (Å²) in [5.41, 5.74) is 0.148. The van der Waals surface area contributed by atoms with Crippen molar-refractivity contribution < 1.29 is 23.8 Å². The predicted molar refractivity (Wildman–Crippen MR) is 74.3 cm³/mol. The highest BCUT2D eigenvalue weighted by Gasteiger charge is 2.16. The van der Waals surface area contributed by atoms with E-state index in [4.69, 9.17) is 14.6 Å². The van der Waals surface area contributed by atoms with E-state index in [1.54, 1.807) is 13.2 Å². The van der Waals surface area contributed by atoms with Crippen molar-refractivity contribution in [1.29, 1.82) is 0 Å². The lowest BCUT2D eigenvalue weighted by atomic mass is 10.1. The number of carboxylic acid groups (broad SMARTS) is 1. The van der Waals surface area contributed by atoms with Crippen LogP contribution in [-0.2, 0) is 9.53 Å². The molecule has 1 aromatic rings. The summed E-state index contributed by atoms with van der Waals surface area (Å²) in [7, 11) is 1.62. The number of carbonyl (C=O) groups is 1. The second kappa shape index (κ2) is 7.05. The van der Waals surface area contributed by atoms with Crippen LogP contribution in [-0.4, -0.2) is 30.4 Å². The molecule has 1 N–H and O–H groups in total. The Labute approximate surface area is 117 Å². The SMILES string of the molecule is COC(C)(C)CCOc1ccc(/C=C/C(=O)O)cc1F. The Morgan fingerprint density at radius 2 is 2.15 bits per heavy atom. The van der Waals surface area contributed by atoms with Gasteiger partial charge in [-0.15, -0.1) is 0 Å². The van der Waals surface area contributed by atoms with E-state index in [1.165, 1.54) is 18.2 Å². The Kier molecular flexibility index (Phi) is 5.70. The summed E-state index contributed by atoms with van der Waals surface area (Å²) < 4.78 is 24.3. The van der Waals surface area contributed by atoms with Crippen LogP contribution in [0.3, 0.4) is 0 Å². The number of halogens is 1. The molecule has 0 atom stereocenters. The van der Waals surface area contributed by atoms with Gasteiger partial charge >= 0.3 is 5.97 Å². The quantitative estimate of drug-likeness (QED) is 0.781. The van der Waals surface area contributed by atoms with Crippen molar-refractivity contribution in [3.05, 3.63) is 35.7 Å². The van der Waals surface area contributed by atoms with Gasteiger partial charge in [-0.1, -0.05) is 6.07 Å². The lowest BCUT2D eigenvalue weighted by molar-refractivity contribution is -0.131. The average Bonchev–Trinajstić information content (AvgIpc) is 2.38. The molecule has 4 nitrogen and oxygen atoms in total. The summed E-state index contributed by atoms with van der Waals surface area (Å²) in [6, 6.07) is 4.31. The van der Waals surface area contributed by atoms with Crippen LogP contribution in [0, 0.1) is 5.82 Å². The first-order valence-corrected chi connectivity index (χ1v) is 6.22. The summed E-state index contributed by atoms with van der Waals surface area (Å²) >= 11 is 0. The second-order valence-corrected chi connectivity index (χ2v) is 4.92. The molecule has 0 fully saturated rings. The molecule has 5 heteroatoms. The minimum absolute atomic E-state index is 0.143. The average molecular weight is 282 g/mol. The number of rotatable bonds is 7. The van der Waals surface area contributed by atoms with Gasteiger partial charge in [-0.2, -0.15) is 0 Å². The topological polar surface area (TPSA) is 55.8 Å². The molecule has 110 valence electrons. The Hall–Kier alpha value is -1.88. The maximum atomic E-state index is 13.7. The minimum Gasteiger partial charge on any atom is -0.490 e. The van der Waals surface area contributed by atoms with E-state index < -0.39 is 11.8 Å². The zero-order valence-electron chi connectivity index (χ0n) is 11.9. The zero-order valence-corrected chi connectivity index (χ0v) is 11.9. The molecule has 1 rings (SSSR count). The Morgan fingerprint density at radius 1 is 1.45 bits per heavy atom. The van der Waals surface area contributed by atoms with Crippen molar-refractivity contribution in [2.45, 2.75) is 25.9 Å². The Bertz CT molecular complexity index is 495. The van der Waals surface area contributed by atoms with E-state index >= 15 is 0 Å². The van der Waals surface area contributed by atoms with Crippen molar-refractivity contribution in [1.82, 2.24) is 0 Å². The summed E-state index contributed by atoms with van der Waals surface area (Å²) in [5, 5.41) is 8.50. The number of hydrogen-bond donors (Lipinski definition) is 1. The van der Waals surface area contributed by atoms with Gasteiger partial charge in [0.25, 0.3) is 0 Å². The van der Waals surface area contributed by atoms with Gasteiger partial charge in [0, 0.05) is 19.6 Å². The van der Waals surface area contributed by atoms with Crippen LogP contribution in [0.1, 0.15) is 25.8 Å². The van der Waals surface area contributed by atoms with E-state index in [0.717, 1.165) is 6.08 Å². The first-order valence-electron chi connectivity index (χ1n) is 6.22. The molecule has 0 heterocycles. The van der Waals surface area contributed by atoms with E-state index in [1.807, 2.05) is 13.8 Å². The van der Waals surface area contributed by atoms with Crippen LogP contribution in [0.25, 0.3) is 6.08 Å². The number of ether oxygens (including phenoxy) is 2. The van der Waals surface area contributed by atoms with Crippen LogP contribution in [0.5, 0.6) is 5.75 Å². The summed E-state index contributed by atoms with van der Waals surface area (Å²) in [4.78, 5) is 10.4. The van der Waals surface area contributed by atoms with E-state index in [-0.39, 0.29) is 11.4 Å². The van der Waals surface area contributed by atoms with E-state index in [0.29, 0.717) is 18.6 Å². The van der Waals surface area contributed by atoms with Crippen molar-refractivity contribution in [3.63, 3.8) is 0 Å². The van der Waals surface area contributed by atoms with Gasteiger partial charge in [0.05, 0.1) is 12.2 Å². The lowest BCUT2D eigenvalue weighted by Crippen LogP contribution is -2.25. The molecule has 0 bridgehead atoms. The molecule has 0 aromatic heterocycles. The zero-order chi connectivity index (χ0) is 15.2. The maximum Gasteiger partial charge on any atom is 0.328 e. The molecule has 0 unspecified atom stereocenters. The minimum atomic E-state index is -1.08. The van der Waals surface area contributed by atoms with Crippen molar-refractivity contribution in [3.8, 4) is 5.75 Å². The summed E-state index contributed by atoms with van der Waals surface area (Å²) in [6.45, 7) is 4.18. The summed E-state index contributed by atoms with van der Waals surface area (Å²) in [5.74, 6) is -1.45. The highest BCUT2D eigenvalue weighted by atomic mass is 19.1. The fourth-order valence-electron chi connectivity index (χ4n) is 1.41. The molecule has 0 aliphatic carbocycles. The molecule has 0 saturated carbocycles. The lowest BCUT2D eigenvalue weighted by Gasteiger charge is -2.22. The number of aliphatic carboxylic acids is 1. The Morgan fingerprint density at radius 3 is 2.70 bits per heavy atom. The molecule has 0 aliphatic rings. The second-order valence-electron chi connectivity index (χ2n) is 4.92. The van der Waals surface area contributed by atoms with Gasteiger partial charge in [-0.3, -0.25) is 0 Å². The fraction of sp³-hybridized carbons (Fsp3) is 0.400. The van der Waals surface area contributed by atoms with Crippen LogP contribution in [0.15, 0.2) is 24.3 Å². The van der Waals surface area contributed by atoms with Crippen LogP contribution < -0.4 is 4.74 Å². The van der Waals surface area contributed by atoms with Crippen molar-refractivity contribution in [2.24, 2.45) is 0 Å². The third kappa shape index (κ3) is 5.40. The number of carboxylic acids is 1. The molecule has 0 radical (unpaired) electrons. The monoisotopic (exact) mass is 282 g/mol. The molecule has 1 aromatic carbocycles. The van der Waals surface area contributed by atoms with Crippen molar-refractivity contribution in [2.75, 3.05) is 13.7 Å². The smallest absolute Gasteiger partial charge is 0.328 e. The first-order chi connectivity index (χ1) is 9.34. The summed E-state index contributed by atoms with van der Waals surface area (Å²) in [6.07, 6.45) is 2.91. The fourth-order valence-corrected chi connectivity index (χ4v) is 1.41. The number of methoxy groups -OCH3 is 1. The molecular formula is C15H19FO4. The van der Waals surface area contributed by atoms with Gasteiger partial charge < -0.3 is 14.6 Å². The van der Waals surface area contributed by atoms with Gasteiger partial charge in [0.15, 0.2) is 11.6 Å². The van der Waals surface area contributed by atoms with Gasteiger partial charge in [-0.05, 0) is 37.6 Å². The van der Waals surface area contributed by atoms with Crippen molar-refractivity contribution >= 4 is 12.0 Å². The third-order valence-corrected chi connectivity index (χ3v) is 2.89. The maximum absolute atomic E-state index is 13.7. The van der Waals surface area contributed by atoms with Crippen LogP contribution in [0.2, 0.25) is 0 Å². The number of hydrogen-bond acceptors (Lipinski definition) is 3. The molecule has 0 aliphatic heterocycles. The molecule has 0 spiro atoms. The van der Waals surface area contributed by atoms with Gasteiger partial charge in [-0.25, -0.2) is 9.18 Å². The van der Waals surface area contributed by atoms with Gasteiger partial charge in [0.2, 0.25) is 0 Å². The molecule has 0 amide bonds. The predicted octanol–water partition coefficient (Wildman–Crippen LogP) is 3.12. The standard InChI is InChI=1S/C15H19FO4/c1-15(2,19-3)8-9-20-13-6-4-11(10-12(13)16)5-7-14(17)18/h4-7,10H,8-9H2,1-3H3,(H,17,18)/b7-5+.